The standard InChI is InChI=1S/C20H31N3O2/c1-16(24)23(19-12-10-18(11-13-19)22(2)3)15-14-20(25)21-17-8-6-4-5-7-9-17/h10-13,17H,4-9,14-15H2,1-3H3,(H,21,25). The number of carbonyl (C=O) groups is 2. The molecule has 1 aliphatic carbocycles. The largest absolute Gasteiger partial charge is 0.378 e. The van der Waals surface area contributed by atoms with Crippen molar-refractivity contribution in [1.82, 2.24) is 5.32 Å². The number of nitrogens with zero attached hydrogens (tertiary/aromatic N) is 2. The molecule has 5 nitrogen and oxygen atoms in total. The first-order valence-electron chi connectivity index (χ1n) is 9.32. The Morgan fingerprint density at radius 2 is 1.56 bits per heavy atom. The molecule has 1 saturated carbocycles. The van der Waals surface area contributed by atoms with E-state index in [1.165, 1.54) is 25.7 Å². The van der Waals surface area contributed by atoms with Crippen molar-refractivity contribution in [3.63, 3.8) is 0 Å². The maximum absolute atomic E-state index is 12.3. The second kappa shape index (κ2) is 9.44. The van der Waals surface area contributed by atoms with Crippen LogP contribution in [0, 0.1) is 0 Å². The fourth-order valence-corrected chi connectivity index (χ4v) is 3.34. The summed E-state index contributed by atoms with van der Waals surface area (Å²) in [4.78, 5) is 28.0. The van der Waals surface area contributed by atoms with Gasteiger partial charge in [0.1, 0.15) is 0 Å². The highest BCUT2D eigenvalue weighted by Crippen LogP contribution is 2.20. The SMILES string of the molecule is CC(=O)N(CCC(=O)NC1CCCCCC1)c1ccc(N(C)C)cc1. The Bertz CT molecular complexity index is 561. The van der Waals surface area contributed by atoms with Crippen molar-refractivity contribution in [3.05, 3.63) is 24.3 Å². The molecule has 0 spiro atoms. The number of hydrogen-bond donors (Lipinski definition) is 1. The van der Waals surface area contributed by atoms with Crippen LogP contribution in [0.4, 0.5) is 11.4 Å². The van der Waals surface area contributed by atoms with Gasteiger partial charge in [-0.25, -0.2) is 0 Å². The van der Waals surface area contributed by atoms with Gasteiger partial charge in [-0.05, 0) is 37.1 Å². The lowest BCUT2D eigenvalue weighted by Crippen LogP contribution is -2.38. The molecule has 138 valence electrons. The summed E-state index contributed by atoms with van der Waals surface area (Å²) < 4.78 is 0. The predicted molar refractivity (Wildman–Crippen MR) is 103 cm³/mol. The van der Waals surface area contributed by atoms with Crippen LogP contribution >= 0.6 is 0 Å². The molecule has 0 aromatic heterocycles. The average Bonchev–Trinajstić information content (AvgIpc) is 2.83. The maximum Gasteiger partial charge on any atom is 0.223 e. The van der Waals surface area contributed by atoms with Gasteiger partial charge in [0.2, 0.25) is 11.8 Å². The third-order valence-electron chi connectivity index (χ3n) is 4.84. The summed E-state index contributed by atoms with van der Waals surface area (Å²) in [7, 11) is 3.96. The lowest BCUT2D eigenvalue weighted by Gasteiger charge is -2.23. The fourth-order valence-electron chi connectivity index (χ4n) is 3.34. The van der Waals surface area contributed by atoms with Crippen molar-refractivity contribution in [2.24, 2.45) is 0 Å². The summed E-state index contributed by atoms with van der Waals surface area (Å²) in [6.07, 6.45) is 7.43. The van der Waals surface area contributed by atoms with Crippen molar-refractivity contribution in [2.45, 2.75) is 57.9 Å². The summed E-state index contributed by atoms with van der Waals surface area (Å²) in [6.45, 7) is 1.96. The van der Waals surface area contributed by atoms with Crippen molar-refractivity contribution >= 4 is 23.2 Å². The third kappa shape index (κ3) is 6.07. The first-order chi connectivity index (χ1) is 12.0. The van der Waals surface area contributed by atoms with Crippen molar-refractivity contribution in [2.75, 3.05) is 30.4 Å². The van der Waals surface area contributed by atoms with Crippen LogP contribution in [0.5, 0.6) is 0 Å². The Hall–Kier alpha value is -2.04. The molecule has 25 heavy (non-hydrogen) atoms. The van der Waals surface area contributed by atoms with Crippen LogP contribution in [0.3, 0.4) is 0 Å². The zero-order valence-corrected chi connectivity index (χ0v) is 15.8. The van der Waals surface area contributed by atoms with Gasteiger partial charge in [0.15, 0.2) is 0 Å². The lowest BCUT2D eigenvalue weighted by atomic mass is 10.1. The van der Waals surface area contributed by atoms with Gasteiger partial charge in [-0.1, -0.05) is 25.7 Å². The highest BCUT2D eigenvalue weighted by Gasteiger charge is 2.17. The van der Waals surface area contributed by atoms with E-state index in [1.54, 1.807) is 11.8 Å². The number of carbonyl (C=O) groups excluding carboxylic acids is 2. The van der Waals surface area contributed by atoms with Crippen LogP contribution in [0.15, 0.2) is 24.3 Å². The van der Waals surface area contributed by atoms with E-state index in [9.17, 15) is 9.59 Å². The molecule has 0 aliphatic heterocycles. The molecule has 0 saturated heterocycles. The molecule has 1 aromatic carbocycles. The molecule has 2 amide bonds. The molecule has 0 atom stereocenters. The predicted octanol–water partition coefficient (Wildman–Crippen LogP) is 3.33. The van der Waals surface area contributed by atoms with E-state index in [2.05, 4.69) is 5.32 Å². The van der Waals surface area contributed by atoms with Gasteiger partial charge in [0, 0.05) is 51.4 Å². The highest BCUT2D eigenvalue weighted by atomic mass is 16.2. The summed E-state index contributed by atoms with van der Waals surface area (Å²) in [5, 5.41) is 3.15. The minimum Gasteiger partial charge on any atom is -0.378 e. The van der Waals surface area contributed by atoms with Crippen LogP contribution in [0.1, 0.15) is 51.9 Å². The Morgan fingerprint density at radius 3 is 2.08 bits per heavy atom. The summed E-state index contributed by atoms with van der Waals surface area (Å²) in [6, 6.07) is 8.13. The fraction of sp³-hybridized carbons (Fsp3) is 0.600. The van der Waals surface area contributed by atoms with Crippen LogP contribution in [0.25, 0.3) is 0 Å². The molecular weight excluding hydrogens is 314 g/mol. The Labute approximate surface area is 151 Å². The van der Waals surface area contributed by atoms with E-state index in [4.69, 9.17) is 0 Å². The van der Waals surface area contributed by atoms with Crippen LogP contribution in [-0.2, 0) is 9.59 Å². The second-order valence-electron chi connectivity index (χ2n) is 7.09. The molecule has 1 N–H and O–H groups in total. The van der Waals surface area contributed by atoms with E-state index in [-0.39, 0.29) is 11.8 Å². The Balaban J connectivity index is 1.90. The number of amides is 2. The summed E-state index contributed by atoms with van der Waals surface area (Å²) in [5.74, 6) is 0.00271. The zero-order chi connectivity index (χ0) is 18.2. The van der Waals surface area contributed by atoms with Crippen LogP contribution < -0.4 is 15.1 Å². The normalized spacial score (nSPS) is 15.3. The molecule has 0 radical (unpaired) electrons. The Morgan fingerprint density at radius 1 is 1.00 bits per heavy atom. The topological polar surface area (TPSA) is 52.7 Å². The highest BCUT2D eigenvalue weighted by molar-refractivity contribution is 5.92. The summed E-state index contributed by atoms with van der Waals surface area (Å²) in [5.41, 5.74) is 1.92. The molecule has 1 aliphatic rings. The first-order valence-corrected chi connectivity index (χ1v) is 9.32. The minimum absolute atomic E-state index is 0.0418. The van der Waals surface area contributed by atoms with Gasteiger partial charge in [-0.3, -0.25) is 9.59 Å². The van der Waals surface area contributed by atoms with E-state index in [1.807, 2.05) is 43.3 Å². The monoisotopic (exact) mass is 345 g/mol. The minimum atomic E-state index is -0.0418. The van der Waals surface area contributed by atoms with Crippen molar-refractivity contribution < 1.29 is 9.59 Å². The molecule has 1 aromatic rings. The molecular formula is C20H31N3O2. The van der Waals surface area contributed by atoms with E-state index >= 15 is 0 Å². The molecule has 1 fully saturated rings. The molecule has 0 heterocycles. The van der Waals surface area contributed by atoms with Gasteiger partial charge >= 0.3 is 0 Å². The number of benzene rings is 1. The molecule has 0 bridgehead atoms. The van der Waals surface area contributed by atoms with Crippen LogP contribution in [0.2, 0.25) is 0 Å². The van der Waals surface area contributed by atoms with E-state index in [0.29, 0.717) is 19.0 Å². The van der Waals surface area contributed by atoms with Gasteiger partial charge in [-0.15, -0.1) is 0 Å². The number of hydrogen-bond acceptors (Lipinski definition) is 3. The van der Waals surface area contributed by atoms with E-state index in [0.717, 1.165) is 24.2 Å². The van der Waals surface area contributed by atoms with Gasteiger partial charge in [-0.2, -0.15) is 0 Å². The quantitative estimate of drug-likeness (QED) is 0.805. The zero-order valence-electron chi connectivity index (χ0n) is 15.8. The molecule has 0 unspecified atom stereocenters. The van der Waals surface area contributed by atoms with Gasteiger partial charge in [0.25, 0.3) is 0 Å². The second-order valence-corrected chi connectivity index (χ2v) is 7.09. The first kappa shape index (κ1) is 19.3. The van der Waals surface area contributed by atoms with Crippen LogP contribution in [-0.4, -0.2) is 38.5 Å². The van der Waals surface area contributed by atoms with Crippen molar-refractivity contribution in [3.8, 4) is 0 Å². The molecule has 5 heteroatoms. The molecule has 2 rings (SSSR count). The van der Waals surface area contributed by atoms with Crippen molar-refractivity contribution in [1.29, 1.82) is 0 Å². The smallest absolute Gasteiger partial charge is 0.223 e. The Kier molecular flexibility index (Phi) is 7.29. The van der Waals surface area contributed by atoms with Gasteiger partial charge in [0.05, 0.1) is 0 Å². The van der Waals surface area contributed by atoms with Gasteiger partial charge < -0.3 is 15.1 Å². The average molecular weight is 345 g/mol. The maximum atomic E-state index is 12.3. The lowest BCUT2D eigenvalue weighted by molar-refractivity contribution is -0.121. The number of nitrogens with one attached hydrogen (secondary N) is 1. The van der Waals surface area contributed by atoms with E-state index < -0.39 is 0 Å². The summed E-state index contributed by atoms with van der Waals surface area (Å²) >= 11 is 0. The third-order valence-corrected chi connectivity index (χ3v) is 4.84. The number of anilines is 2. The number of rotatable bonds is 6.